The molecule has 1 aromatic heterocycles. The number of amides is 1. The highest BCUT2D eigenvalue weighted by Gasteiger charge is 2.16. The molecule has 7 nitrogen and oxygen atoms in total. The number of anilines is 1. The van der Waals surface area contributed by atoms with E-state index in [-0.39, 0.29) is 10.5 Å². The van der Waals surface area contributed by atoms with E-state index in [0.29, 0.717) is 17.7 Å². The third-order valence-electron chi connectivity index (χ3n) is 3.83. The number of rotatable bonds is 6. The van der Waals surface area contributed by atoms with Crippen LogP contribution in [0.25, 0.3) is 10.9 Å². The number of carbonyl (C=O) groups excluding carboxylic acids is 1. The topological polar surface area (TPSA) is 114 Å². The van der Waals surface area contributed by atoms with Crippen LogP contribution < -0.4 is 15.8 Å². The third kappa shape index (κ3) is 3.66. The fourth-order valence-electron chi connectivity index (χ4n) is 2.55. The number of benzene rings is 2. The highest BCUT2D eigenvalue weighted by Crippen LogP contribution is 2.25. The van der Waals surface area contributed by atoms with Gasteiger partial charge < -0.3 is 11.1 Å². The van der Waals surface area contributed by atoms with Crippen LogP contribution in [0.15, 0.2) is 59.5 Å². The molecule has 134 valence electrons. The fraction of sp³-hybridized carbons (Fsp3) is 0.111. The molecule has 2 aromatic carbocycles. The molecular weight excluding hydrogens is 352 g/mol. The molecular formula is C18H18N4O3S. The zero-order valence-electron chi connectivity index (χ0n) is 14.1. The second kappa shape index (κ2) is 7.11. The highest BCUT2D eigenvalue weighted by atomic mass is 32.2. The number of aromatic nitrogens is 1. The quantitative estimate of drug-likeness (QED) is 0.613. The van der Waals surface area contributed by atoms with Crippen LogP contribution >= 0.6 is 0 Å². The Labute approximate surface area is 151 Å². The lowest BCUT2D eigenvalue weighted by atomic mass is 10.2. The number of carbonyl (C=O) groups is 1. The number of pyridine rings is 1. The van der Waals surface area contributed by atoms with E-state index in [4.69, 9.17) is 5.73 Å². The lowest BCUT2D eigenvalue weighted by Crippen LogP contribution is -2.15. The second-order valence-corrected chi connectivity index (χ2v) is 7.39. The first-order chi connectivity index (χ1) is 12.4. The fourth-order valence-corrected chi connectivity index (χ4v) is 3.62. The Kier molecular flexibility index (Phi) is 4.88. The minimum Gasteiger partial charge on any atom is -0.366 e. The number of para-hydroxylation sites is 1. The van der Waals surface area contributed by atoms with Gasteiger partial charge in [-0.3, -0.25) is 9.52 Å². The van der Waals surface area contributed by atoms with E-state index >= 15 is 0 Å². The first-order valence-corrected chi connectivity index (χ1v) is 9.35. The van der Waals surface area contributed by atoms with E-state index in [1.807, 2.05) is 25.2 Å². The van der Waals surface area contributed by atoms with Crippen LogP contribution in [-0.4, -0.2) is 26.4 Å². The van der Waals surface area contributed by atoms with E-state index in [0.717, 1.165) is 11.1 Å². The Bertz CT molecular complexity index is 1060. The number of nitrogens with one attached hydrogen (secondary N) is 2. The van der Waals surface area contributed by atoms with Crippen LogP contribution in [0.1, 0.15) is 16.1 Å². The Hall–Kier alpha value is -2.97. The Morgan fingerprint density at radius 3 is 2.46 bits per heavy atom. The summed E-state index contributed by atoms with van der Waals surface area (Å²) in [6, 6.07) is 14.5. The van der Waals surface area contributed by atoms with Crippen molar-refractivity contribution >= 4 is 32.5 Å². The molecule has 0 radical (unpaired) electrons. The van der Waals surface area contributed by atoms with Crippen LogP contribution in [0, 0.1) is 0 Å². The average Bonchev–Trinajstić information content (AvgIpc) is 2.62. The first-order valence-electron chi connectivity index (χ1n) is 7.86. The van der Waals surface area contributed by atoms with Crippen molar-refractivity contribution in [2.75, 3.05) is 11.8 Å². The van der Waals surface area contributed by atoms with E-state index in [1.165, 1.54) is 24.3 Å². The SMILES string of the molecule is CNCc1ccc2cccc(NS(=O)(=O)c3ccc(C(N)=O)cc3)c2n1. The number of nitrogens with two attached hydrogens (primary N) is 1. The van der Waals surface area contributed by atoms with Crippen molar-refractivity contribution in [2.24, 2.45) is 5.73 Å². The van der Waals surface area contributed by atoms with Crippen molar-refractivity contribution < 1.29 is 13.2 Å². The summed E-state index contributed by atoms with van der Waals surface area (Å²) in [6.45, 7) is 0.575. The summed E-state index contributed by atoms with van der Waals surface area (Å²) in [5.41, 5.74) is 7.18. The molecule has 0 atom stereocenters. The summed E-state index contributed by atoms with van der Waals surface area (Å²) in [5, 5.41) is 3.85. The highest BCUT2D eigenvalue weighted by molar-refractivity contribution is 7.92. The molecule has 1 heterocycles. The van der Waals surface area contributed by atoms with E-state index in [1.54, 1.807) is 12.1 Å². The average molecular weight is 370 g/mol. The molecule has 0 spiro atoms. The second-order valence-electron chi connectivity index (χ2n) is 5.70. The zero-order valence-corrected chi connectivity index (χ0v) is 14.9. The lowest BCUT2D eigenvalue weighted by Gasteiger charge is -2.11. The van der Waals surface area contributed by atoms with Gasteiger partial charge in [0.05, 0.1) is 21.8 Å². The smallest absolute Gasteiger partial charge is 0.261 e. The van der Waals surface area contributed by atoms with Crippen LogP contribution in [-0.2, 0) is 16.6 Å². The maximum atomic E-state index is 12.7. The van der Waals surface area contributed by atoms with Gasteiger partial charge in [-0.1, -0.05) is 18.2 Å². The monoisotopic (exact) mass is 370 g/mol. The van der Waals surface area contributed by atoms with Crippen molar-refractivity contribution in [2.45, 2.75) is 11.4 Å². The van der Waals surface area contributed by atoms with Gasteiger partial charge in [-0.2, -0.15) is 0 Å². The van der Waals surface area contributed by atoms with Gasteiger partial charge in [0.2, 0.25) is 5.91 Å². The predicted molar refractivity (Wildman–Crippen MR) is 100 cm³/mol. The first kappa shape index (κ1) is 17.8. The van der Waals surface area contributed by atoms with Gasteiger partial charge in [-0.25, -0.2) is 13.4 Å². The predicted octanol–water partition coefficient (Wildman–Crippen LogP) is 1.85. The number of sulfonamides is 1. The summed E-state index contributed by atoms with van der Waals surface area (Å²) < 4.78 is 27.9. The minimum absolute atomic E-state index is 0.0332. The lowest BCUT2D eigenvalue weighted by molar-refractivity contribution is 0.1000. The zero-order chi connectivity index (χ0) is 18.7. The molecule has 0 aliphatic carbocycles. The van der Waals surface area contributed by atoms with Gasteiger partial charge in [0.1, 0.15) is 0 Å². The van der Waals surface area contributed by atoms with E-state index in [9.17, 15) is 13.2 Å². The molecule has 0 saturated heterocycles. The van der Waals surface area contributed by atoms with Gasteiger partial charge in [0.15, 0.2) is 0 Å². The van der Waals surface area contributed by atoms with Crippen LogP contribution in [0.4, 0.5) is 5.69 Å². The molecule has 3 rings (SSSR count). The molecule has 8 heteroatoms. The van der Waals surface area contributed by atoms with Crippen LogP contribution in [0.2, 0.25) is 0 Å². The Balaban J connectivity index is 1.98. The minimum atomic E-state index is -3.83. The van der Waals surface area contributed by atoms with Gasteiger partial charge in [-0.15, -0.1) is 0 Å². The maximum Gasteiger partial charge on any atom is 0.261 e. The number of primary amides is 1. The summed E-state index contributed by atoms with van der Waals surface area (Å²) in [7, 11) is -2.01. The normalized spacial score (nSPS) is 11.4. The van der Waals surface area contributed by atoms with Crippen molar-refractivity contribution in [3.05, 3.63) is 65.9 Å². The number of hydrogen-bond acceptors (Lipinski definition) is 5. The summed E-state index contributed by atoms with van der Waals surface area (Å²) >= 11 is 0. The number of hydrogen-bond donors (Lipinski definition) is 3. The Morgan fingerprint density at radius 2 is 1.81 bits per heavy atom. The Morgan fingerprint density at radius 1 is 1.08 bits per heavy atom. The molecule has 0 aliphatic rings. The molecule has 1 amide bonds. The number of fused-ring (bicyclic) bond motifs is 1. The van der Waals surface area contributed by atoms with Crippen molar-refractivity contribution in [3.63, 3.8) is 0 Å². The van der Waals surface area contributed by atoms with E-state index in [2.05, 4.69) is 15.0 Å². The van der Waals surface area contributed by atoms with Gasteiger partial charge in [0, 0.05) is 17.5 Å². The van der Waals surface area contributed by atoms with Gasteiger partial charge >= 0.3 is 0 Å². The molecule has 0 aliphatic heterocycles. The van der Waals surface area contributed by atoms with Crippen LogP contribution in [0.3, 0.4) is 0 Å². The van der Waals surface area contributed by atoms with E-state index < -0.39 is 15.9 Å². The molecule has 4 N–H and O–H groups in total. The molecule has 0 saturated carbocycles. The van der Waals surface area contributed by atoms with Crippen molar-refractivity contribution in [3.8, 4) is 0 Å². The molecule has 3 aromatic rings. The third-order valence-corrected chi connectivity index (χ3v) is 5.21. The standard InChI is InChI=1S/C18H18N4O3S/c1-20-11-14-8-5-12-3-2-4-16(17(12)21-14)22-26(24,25)15-9-6-13(7-10-15)18(19)23/h2-10,20,22H,11H2,1H3,(H2,19,23). The van der Waals surface area contributed by atoms with Crippen LogP contribution in [0.5, 0.6) is 0 Å². The molecule has 26 heavy (non-hydrogen) atoms. The number of nitrogens with zero attached hydrogens (tertiary/aromatic N) is 1. The van der Waals surface area contributed by atoms with Gasteiger partial charge in [-0.05, 0) is 43.4 Å². The van der Waals surface area contributed by atoms with Crippen molar-refractivity contribution in [1.82, 2.24) is 10.3 Å². The maximum absolute atomic E-state index is 12.7. The molecule has 0 fully saturated rings. The summed E-state index contributed by atoms with van der Waals surface area (Å²) in [4.78, 5) is 15.7. The molecule has 0 unspecified atom stereocenters. The van der Waals surface area contributed by atoms with Gasteiger partial charge in [0.25, 0.3) is 10.0 Å². The largest absolute Gasteiger partial charge is 0.366 e. The summed E-state index contributed by atoms with van der Waals surface area (Å²) in [5.74, 6) is -0.614. The molecule has 0 bridgehead atoms. The van der Waals surface area contributed by atoms with Crippen molar-refractivity contribution in [1.29, 1.82) is 0 Å². The summed E-state index contributed by atoms with van der Waals surface area (Å²) in [6.07, 6.45) is 0.